The van der Waals surface area contributed by atoms with Crippen LogP contribution in [-0.4, -0.2) is 35.4 Å². The van der Waals surface area contributed by atoms with Crippen LogP contribution < -0.4 is 0 Å². The third kappa shape index (κ3) is 6.75. The number of carboxylic acid groups (broad SMARTS) is 2. The summed E-state index contributed by atoms with van der Waals surface area (Å²) in [4.78, 5) is 25.4. The number of ether oxygens (including phenoxy) is 1. The van der Waals surface area contributed by atoms with E-state index in [4.69, 9.17) is 4.74 Å². The van der Waals surface area contributed by atoms with E-state index in [2.05, 4.69) is 0 Å². The van der Waals surface area contributed by atoms with Crippen LogP contribution in [0.25, 0.3) is 0 Å². The van der Waals surface area contributed by atoms with Gasteiger partial charge in [0.25, 0.3) is 0 Å². The van der Waals surface area contributed by atoms with Crippen molar-refractivity contribution in [2.75, 3.05) is 13.2 Å². The lowest BCUT2D eigenvalue weighted by Gasteiger charge is -2.31. The number of carbonyl (C=O) groups is 2. The maximum absolute atomic E-state index is 12.7. The molecule has 5 nitrogen and oxygen atoms in total. The summed E-state index contributed by atoms with van der Waals surface area (Å²) < 4.78 is 5.91. The Morgan fingerprint density at radius 2 is 0.732 bits per heavy atom. The molecule has 0 radical (unpaired) electrons. The summed E-state index contributed by atoms with van der Waals surface area (Å²) in [5, 5.41) is 20.9. The summed E-state index contributed by atoms with van der Waals surface area (Å²) in [5.41, 5.74) is 0.878. The van der Waals surface area contributed by atoms with Gasteiger partial charge in [0, 0.05) is 13.2 Å². The normalized spacial score (nSPS) is 11.7. The number of hydrogen-bond donors (Lipinski definition) is 2. The Morgan fingerprint density at radius 1 is 0.463 bits per heavy atom. The van der Waals surface area contributed by atoms with Crippen molar-refractivity contribution in [3.05, 3.63) is 144 Å². The minimum absolute atomic E-state index is 0.467. The summed E-state index contributed by atoms with van der Waals surface area (Å²) >= 11 is 0. The monoisotopic (exact) mass is 550 g/mol. The second kappa shape index (κ2) is 14.4. The molecule has 41 heavy (non-hydrogen) atoms. The molecule has 0 heterocycles. The fourth-order valence-corrected chi connectivity index (χ4v) is 5.80. The summed E-state index contributed by atoms with van der Waals surface area (Å²) in [6, 6.07) is 37.8. The van der Waals surface area contributed by atoms with Crippen LogP contribution in [0.15, 0.2) is 121 Å². The third-order valence-electron chi connectivity index (χ3n) is 7.98. The molecular weight excluding hydrogens is 512 g/mol. The molecule has 0 unspecified atom stereocenters. The molecule has 0 aromatic heterocycles. The van der Waals surface area contributed by atoms with E-state index in [-0.39, 0.29) is 0 Å². The molecule has 0 fully saturated rings. The van der Waals surface area contributed by atoms with Crippen molar-refractivity contribution in [3.8, 4) is 0 Å². The lowest BCUT2D eigenvalue weighted by Crippen LogP contribution is -2.37. The van der Waals surface area contributed by atoms with E-state index in [1.54, 1.807) is 0 Å². The van der Waals surface area contributed by atoms with E-state index < -0.39 is 22.8 Å². The van der Waals surface area contributed by atoms with E-state index in [9.17, 15) is 19.8 Å². The maximum atomic E-state index is 12.7. The Kier molecular flexibility index (Phi) is 10.5. The minimum atomic E-state index is -1.11. The van der Waals surface area contributed by atoms with Gasteiger partial charge in [0.05, 0.1) is 0 Å². The molecular formula is C36H38O5. The van der Waals surface area contributed by atoms with E-state index in [1.165, 1.54) is 0 Å². The Balaban J connectivity index is 1.31. The zero-order valence-corrected chi connectivity index (χ0v) is 23.3. The zero-order chi connectivity index (χ0) is 29.0. The van der Waals surface area contributed by atoms with Crippen LogP contribution in [0.4, 0.5) is 0 Å². The number of benzene rings is 4. The molecule has 5 heteroatoms. The van der Waals surface area contributed by atoms with Gasteiger partial charge in [-0.15, -0.1) is 0 Å². The van der Waals surface area contributed by atoms with Gasteiger partial charge in [0.15, 0.2) is 0 Å². The Bertz CT molecular complexity index is 1170. The van der Waals surface area contributed by atoms with Crippen molar-refractivity contribution < 1.29 is 24.5 Å². The highest BCUT2D eigenvalue weighted by Crippen LogP contribution is 2.39. The van der Waals surface area contributed by atoms with Crippen molar-refractivity contribution >= 4 is 11.9 Å². The van der Waals surface area contributed by atoms with Crippen LogP contribution in [0.1, 0.15) is 60.8 Å². The third-order valence-corrected chi connectivity index (χ3v) is 7.98. The smallest absolute Gasteiger partial charge is 0.318 e. The second-order valence-electron chi connectivity index (χ2n) is 10.4. The summed E-state index contributed by atoms with van der Waals surface area (Å²) in [6.07, 6.45) is 3.80. The van der Waals surface area contributed by atoms with E-state index in [0.29, 0.717) is 38.9 Å². The van der Waals surface area contributed by atoms with Gasteiger partial charge in [0.1, 0.15) is 10.8 Å². The predicted octanol–water partition coefficient (Wildman–Crippen LogP) is 7.49. The van der Waals surface area contributed by atoms with E-state index in [0.717, 1.165) is 35.1 Å². The van der Waals surface area contributed by atoms with Crippen LogP contribution in [0, 0.1) is 0 Å². The van der Waals surface area contributed by atoms with Gasteiger partial charge in [-0.25, -0.2) is 0 Å². The molecule has 0 amide bonds. The first-order valence-corrected chi connectivity index (χ1v) is 14.3. The lowest BCUT2D eigenvalue weighted by molar-refractivity contribution is -0.143. The largest absolute Gasteiger partial charge is 0.480 e. The summed E-state index contributed by atoms with van der Waals surface area (Å²) in [5.74, 6) is -1.70. The molecule has 4 aromatic carbocycles. The van der Waals surface area contributed by atoms with Gasteiger partial charge in [0.2, 0.25) is 0 Å². The number of aliphatic carboxylic acids is 2. The second-order valence-corrected chi connectivity index (χ2v) is 10.4. The SMILES string of the molecule is O=C(O)C(CCCCOCCCCC(C(=O)O)(c1ccccc1)c1ccccc1)(c1ccccc1)c1ccccc1. The first-order valence-electron chi connectivity index (χ1n) is 14.3. The molecule has 0 atom stereocenters. The minimum Gasteiger partial charge on any atom is -0.480 e. The summed E-state index contributed by atoms with van der Waals surface area (Å²) in [6.45, 7) is 1.06. The first-order chi connectivity index (χ1) is 20.0. The average molecular weight is 551 g/mol. The lowest BCUT2D eigenvalue weighted by atomic mass is 9.71. The fourth-order valence-electron chi connectivity index (χ4n) is 5.80. The molecule has 2 N–H and O–H groups in total. The molecule has 0 saturated carbocycles. The topological polar surface area (TPSA) is 83.8 Å². The van der Waals surface area contributed by atoms with E-state index >= 15 is 0 Å². The molecule has 0 aliphatic carbocycles. The van der Waals surface area contributed by atoms with Crippen molar-refractivity contribution in [3.63, 3.8) is 0 Å². The molecule has 0 saturated heterocycles. The maximum Gasteiger partial charge on any atom is 0.318 e. The summed E-state index contributed by atoms with van der Waals surface area (Å²) in [7, 11) is 0. The average Bonchev–Trinajstić information content (AvgIpc) is 3.01. The van der Waals surface area contributed by atoms with Crippen molar-refractivity contribution in [2.45, 2.75) is 49.4 Å². The zero-order valence-electron chi connectivity index (χ0n) is 23.3. The quantitative estimate of drug-likeness (QED) is 0.141. The van der Waals surface area contributed by atoms with Gasteiger partial charge in [-0.2, -0.15) is 0 Å². The number of rotatable bonds is 16. The highest BCUT2D eigenvalue weighted by molar-refractivity contribution is 5.86. The number of unbranched alkanes of at least 4 members (excludes halogenated alkanes) is 2. The number of hydrogen-bond acceptors (Lipinski definition) is 3. The van der Waals surface area contributed by atoms with Gasteiger partial charge < -0.3 is 14.9 Å². The van der Waals surface area contributed by atoms with Crippen molar-refractivity contribution in [1.29, 1.82) is 0 Å². The van der Waals surface area contributed by atoms with Crippen LogP contribution in [0.5, 0.6) is 0 Å². The highest BCUT2D eigenvalue weighted by Gasteiger charge is 2.42. The van der Waals surface area contributed by atoms with Crippen molar-refractivity contribution in [1.82, 2.24) is 0 Å². The standard InChI is InChI=1S/C36H38O5/c37-33(38)35(29-17-5-1-6-18-29,30-19-7-2-8-20-30)25-13-15-27-41-28-16-14-26-36(34(39)40,31-21-9-3-10-22-31)32-23-11-4-12-24-32/h1-12,17-24H,13-16,25-28H2,(H,37,38)(H,39,40). The molecule has 0 aliphatic rings. The molecule has 0 spiro atoms. The molecule has 4 aromatic rings. The van der Waals surface area contributed by atoms with Crippen LogP contribution >= 0.6 is 0 Å². The Morgan fingerprint density at radius 3 is 0.976 bits per heavy atom. The molecule has 212 valence electrons. The van der Waals surface area contributed by atoms with Crippen LogP contribution in [-0.2, 0) is 25.2 Å². The fraction of sp³-hybridized carbons (Fsp3) is 0.278. The van der Waals surface area contributed by atoms with Gasteiger partial charge in [-0.3, -0.25) is 9.59 Å². The van der Waals surface area contributed by atoms with Crippen LogP contribution in [0.3, 0.4) is 0 Å². The van der Waals surface area contributed by atoms with Gasteiger partial charge in [-0.1, -0.05) is 121 Å². The number of carboxylic acids is 2. The van der Waals surface area contributed by atoms with Gasteiger partial charge in [-0.05, 0) is 60.8 Å². The predicted molar refractivity (Wildman–Crippen MR) is 161 cm³/mol. The first kappa shape index (κ1) is 29.8. The van der Waals surface area contributed by atoms with Gasteiger partial charge >= 0.3 is 11.9 Å². The highest BCUT2D eigenvalue weighted by atomic mass is 16.5. The molecule has 0 bridgehead atoms. The molecule has 4 rings (SSSR count). The Hall–Kier alpha value is -4.22. The molecule has 0 aliphatic heterocycles. The van der Waals surface area contributed by atoms with Crippen molar-refractivity contribution in [2.24, 2.45) is 0 Å². The van der Waals surface area contributed by atoms with E-state index in [1.807, 2.05) is 121 Å². The Labute approximate surface area is 242 Å². The van der Waals surface area contributed by atoms with Crippen LogP contribution in [0.2, 0.25) is 0 Å².